The van der Waals surface area contributed by atoms with E-state index in [-0.39, 0.29) is 5.54 Å². The Labute approximate surface area is 154 Å². The molecule has 0 fully saturated rings. The number of rotatable bonds is 6. The minimum atomic E-state index is -0.0587. The molecule has 0 aliphatic heterocycles. The molecule has 1 aromatic carbocycles. The molecule has 2 N–H and O–H groups in total. The summed E-state index contributed by atoms with van der Waals surface area (Å²) < 4.78 is 1.92. The fourth-order valence-electron chi connectivity index (χ4n) is 2.66. The highest BCUT2D eigenvalue weighted by molar-refractivity contribution is 5.52. The summed E-state index contributed by atoms with van der Waals surface area (Å²) in [5.74, 6) is 1.34. The summed E-state index contributed by atoms with van der Waals surface area (Å²) in [6.45, 7) is 9.24. The third-order valence-corrected chi connectivity index (χ3v) is 4.14. The lowest BCUT2D eigenvalue weighted by atomic mass is 10.1. The number of anilines is 3. The minimum absolute atomic E-state index is 0.0587. The Kier molecular flexibility index (Phi) is 5.21. The summed E-state index contributed by atoms with van der Waals surface area (Å²) in [5.41, 5.74) is 3.45. The lowest BCUT2D eigenvalue weighted by Crippen LogP contribution is -2.21. The highest BCUT2D eigenvalue weighted by atomic mass is 15.3. The van der Waals surface area contributed by atoms with Gasteiger partial charge in [-0.25, -0.2) is 4.98 Å². The first-order valence-electron chi connectivity index (χ1n) is 8.91. The van der Waals surface area contributed by atoms with Gasteiger partial charge in [0.05, 0.1) is 17.4 Å². The number of aromatic nitrogens is 4. The van der Waals surface area contributed by atoms with Crippen molar-refractivity contribution in [2.45, 2.75) is 46.2 Å². The Morgan fingerprint density at radius 3 is 2.54 bits per heavy atom. The largest absolute Gasteiger partial charge is 0.366 e. The van der Waals surface area contributed by atoms with E-state index < -0.39 is 0 Å². The van der Waals surface area contributed by atoms with E-state index in [0.717, 1.165) is 24.5 Å². The molecule has 6 nitrogen and oxygen atoms in total. The minimum Gasteiger partial charge on any atom is -0.366 e. The maximum atomic E-state index is 4.54. The first-order valence-corrected chi connectivity index (χ1v) is 8.91. The van der Waals surface area contributed by atoms with E-state index in [1.807, 2.05) is 16.9 Å². The van der Waals surface area contributed by atoms with Crippen LogP contribution in [0.25, 0.3) is 0 Å². The summed E-state index contributed by atoms with van der Waals surface area (Å²) in [6, 6.07) is 10.3. The molecule has 0 atom stereocenters. The number of hydrogen-bond donors (Lipinski definition) is 2. The van der Waals surface area contributed by atoms with Gasteiger partial charge in [-0.2, -0.15) is 10.1 Å². The number of hydrogen-bond acceptors (Lipinski definition) is 5. The first-order chi connectivity index (χ1) is 12.5. The van der Waals surface area contributed by atoms with E-state index in [2.05, 4.69) is 77.7 Å². The Morgan fingerprint density at radius 2 is 1.85 bits per heavy atom. The Balaban J connectivity index is 1.67. The van der Waals surface area contributed by atoms with Crippen molar-refractivity contribution < 1.29 is 0 Å². The normalized spacial score (nSPS) is 11.4. The molecule has 0 saturated carbocycles. The van der Waals surface area contributed by atoms with Crippen LogP contribution in [-0.2, 0) is 18.5 Å². The van der Waals surface area contributed by atoms with Crippen molar-refractivity contribution in [1.29, 1.82) is 0 Å². The van der Waals surface area contributed by atoms with Gasteiger partial charge in [-0.15, -0.1) is 0 Å². The molecule has 136 valence electrons. The molecule has 2 aromatic heterocycles. The summed E-state index contributed by atoms with van der Waals surface area (Å²) in [5, 5.41) is 11.0. The van der Waals surface area contributed by atoms with Gasteiger partial charge in [-0.05, 0) is 44.4 Å². The van der Waals surface area contributed by atoms with Gasteiger partial charge >= 0.3 is 0 Å². The van der Waals surface area contributed by atoms with Crippen molar-refractivity contribution in [2.24, 2.45) is 0 Å². The van der Waals surface area contributed by atoms with Crippen molar-refractivity contribution in [2.75, 3.05) is 10.6 Å². The molecule has 6 heteroatoms. The van der Waals surface area contributed by atoms with Crippen molar-refractivity contribution >= 4 is 17.5 Å². The molecule has 0 unspecified atom stereocenters. The predicted molar refractivity (Wildman–Crippen MR) is 106 cm³/mol. The highest BCUT2D eigenvalue weighted by Gasteiger charge is 2.14. The van der Waals surface area contributed by atoms with Crippen LogP contribution < -0.4 is 10.6 Å². The molecule has 3 rings (SSSR count). The standard InChI is InChI=1S/C20H26N6/c1-5-15-8-6-7-9-16(15)12-22-18-10-11-21-19(25-18)24-17-13-23-26(14-17)20(2,3)4/h6-11,13-14H,5,12H2,1-4H3,(H2,21,22,24,25). The zero-order valence-corrected chi connectivity index (χ0v) is 15.8. The van der Waals surface area contributed by atoms with Gasteiger partial charge in [-0.1, -0.05) is 31.2 Å². The van der Waals surface area contributed by atoms with Gasteiger partial charge in [0.25, 0.3) is 0 Å². The number of nitrogens with zero attached hydrogens (tertiary/aromatic N) is 4. The average molecular weight is 350 g/mol. The van der Waals surface area contributed by atoms with Crippen LogP contribution >= 0.6 is 0 Å². The second-order valence-corrected chi connectivity index (χ2v) is 7.21. The van der Waals surface area contributed by atoms with Gasteiger partial charge in [-0.3, -0.25) is 4.68 Å². The molecule has 3 aromatic rings. The van der Waals surface area contributed by atoms with Crippen molar-refractivity contribution in [3.63, 3.8) is 0 Å². The van der Waals surface area contributed by atoms with Crippen molar-refractivity contribution in [3.8, 4) is 0 Å². The van der Waals surface area contributed by atoms with Crippen LogP contribution in [0.4, 0.5) is 17.5 Å². The SMILES string of the molecule is CCc1ccccc1CNc1ccnc(Nc2cnn(C(C)(C)C)c2)n1. The number of nitrogens with one attached hydrogen (secondary N) is 2. The molecule has 0 amide bonds. The van der Waals surface area contributed by atoms with Crippen LogP contribution in [-0.4, -0.2) is 19.7 Å². The summed E-state index contributed by atoms with van der Waals surface area (Å²) >= 11 is 0. The fourth-order valence-corrected chi connectivity index (χ4v) is 2.66. The van der Waals surface area contributed by atoms with Gasteiger partial charge in [0.2, 0.25) is 5.95 Å². The van der Waals surface area contributed by atoms with Gasteiger partial charge < -0.3 is 10.6 Å². The second kappa shape index (κ2) is 7.56. The maximum Gasteiger partial charge on any atom is 0.229 e. The van der Waals surface area contributed by atoms with Gasteiger partial charge in [0.1, 0.15) is 5.82 Å². The van der Waals surface area contributed by atoms with Crippen LogP contribution in [0.2, 0.25) is 0 Å². The van der Waals surface area contributed by atoms with Crippen molar-refractivity contribution in [3.05, 3.63) is 60.0 Å². The molecular formula is C20H26N6. The lowest BCUT2D eigenvalue weighted by Gasteiger charge is -2.18. The maximum absolute atomic E-state index is 4.54. The average Bonchev–Trinajstić information content (AvgIpc) is 3.09. The quantitative estimate of drug-likeness (QED) is 0.692. The molecular weight excluding hydrogens is 324 g/mol. The molecule has 0 aliphatic rings. The van der Waals surface area contributed by atoms with E-state index >= 15 is 0 Å². The lowest BCUT2D eigenvalue weighted by molar-refractivity contribution is 0.355. The Bertz CT molecular complexity index is 862. The molecule has 0 saturated heterocycles. The number of aryl methyl sites for hydroxylation is 1. The molecule has 0 radical (unpaired) electrons. The van der Waals surface area contributed by atoms with Crippen molar-refractivity contribution in [1.82, 2.24) is 19.7 Å². The molecule has 2 heterocycles. The third kappa shape index (κ3) is 4.39. The summed E-state index contributed by atoms with van der Waals surface area (Å²) in [6.07, 6.45) is 6.51. The zero-order chi connectivity index (χ0) is 18.6. The van der Waals surface area contributed by atoms with E-state index in [9.17, 15) is 0 Å². The Hall–Kier alpha value is -2.89. The Morgan fingerprint density at radius 1 is 1.08 bits per heavy atom. The van der Waals surface area contributed by atoms with E-state index in [4.69, 9.17) is 0 Å². The molecule has 0 bridgehead atoms. The summed E-state index contributed by atoms with van der Waals surface area (Å²) in [4.78, 5) is 8.84. The van der Waals surface area contributed by atoms with Gasteiger partial charge in [0, 0.05) is 18.9 Å². The number of benzene rings is 1. The first kappa shape index (κ1) is 17.9. The van der Waals surface area contributed by atoms with Crippen LogP contribution in [0.1, 0.15) is 38.8 Å². The highest BCUT2D eigenvalue weighted by Crippen LogP contribution is 2.19. The topological polar surface area (TPSA) is 67.7 Å². The smallest absolute Gasteiger partial charge is 0.229 e. The van der Waals surface area contributed by atoms with Crippen LogP contribution in [0.3, 0.4) is 0 Å². The second-order valence-electron chi connectivity index (χ2n) is 7.21. The predicted octanol–water partition coefficient (Wildman–Crippen LogP) is 4.35. The van der Waals surface area contributed by atoms with E-state index in [0.29, 0.717) is 5.95 Å². The fraction of sp³-hybridized carbons (Fsp3) is 0.350. The molecule has 0 aliphatic carbocycles. The summed E-state index contributed by atoms with van der Waals surface area (Å²) in [7, 11) is 0. The third-order valence-electron chi connectivity index (χ3n) is 4.14. The van der Waals surface area contributed by atoms with Crippen LogP contribution in [0.15, 0.2) is 48.9 Å². The van der Waals surface area contributed by atoms with Crippen LogP contribution in [0.5, 0.6) is 0 Å². The molecule has 0 spiro atoms. The van der Waals surface area contributed by atoms with E-state index in [1.165, 1.54) is 11.1 Å². The zero-order valence-electron chi connectivity index (χ0n) is 15.8. The van der Waals surface area contributed by atoms with Crippen LogP contribution in [0, 0.1) is 0 Å². The van der Waals surface area contributed by atoms with Gasteiger partial charge in [0.15, 0.2) is 0 Å². The van der Waals surface area contributed by atoms with E-state index in [1.54, 1.807) is 12.4 Å². The monoisotopic (exact) mass is 350 g/mol. The molecule has 26 heavy (non-hydrogen) atoms.